The van der Waals surface area contributed by atoms with Crippen molar-refractivity contribution in [2.45, 2.75) is 85.8 Å². The van der Waals surface area contributed by atoms with E-state index in [9.17, 15) is 9.59 Å². The Hall–Kier alpha value is -4.19. The summed E-state index contributed by atoms with van der Waals surface area (Å²) in [6, 6.07) is 8.20. The number of ketones is 1. The van der Waals surface area contributed by atoms with Gasteiger partial charge in [0.25, 0.3) is 0 Å². The molecule has 2 aromatic heterocycles. The molecule has 0 spiro atoms. The van der Waals surface area contributed by atoms with Crippen molar-refractivity contribution in [1.82, 2.24) is 19.4 Å². The molecule has 0 amide bonds. The van der Waals surface area contributed by atoms with Crippen molar-refractivity contribution >= 4 is 28.7 Å². The lowest BCUT2D eigenvalue weighted by atomic mass is 9.91. The predicted octanol–water partition coefficient (Wildman–Crippen LogP) is 6.74. The number of rotatable bonds is 12. The number of benzene rings is 1. The number of allylic oxidation sites excluding steroid dienone is 1. The number of nitrogens with zero attached hydrogens (tertiary/aromatic N) is 6. The normalized spacial score (nSPS) is 16.6. The number of likely N-dealkylation sites (N-methyl/N-ethyl adjacent to an activating group) is 1. The molecule has 0 radical (unpaired) electrons. The molecule has 3 heterocycles. The molecular weight excluding hydrogens is 552 g/mol. The molecule has 0 saturated carbocycles. The Morgan fingerprint density at radius 1 is 1.23 bits per heavy atom. The van der Waals surface area contributed by atoms with Crippen LogP contribution in [0.15, 0.2) is 43.0 Å². The number of likely N-dealkylation sites (tertiary alicyclic amines) is 1. The lowest BCUT2D eigenvalue weighted by Crippen LogP contribution is -2.50. The van der Waals surface area contributed by atoms with Crippen LogP contribution >= 0.6 is 0 Å². The summed E-state index contributed by atoms with van der Waals surface area (Å²) in [5.74, 6) is 2.02. The summed E-state index contributed by atoms with van der Waals surface area (Å²) in [5.41, 5.74) is 5.33. The zero-order chi connectivity index (χ0) is 32.0. The number of nitriles is 1. The smallest absolute Gasteiger partial charge is 0.420 e. The maximum absolute atomic E-state index is 13.2. The number of hydrogen-bond acceptors (Lipinski definition) is 8. The Bertz CT molecular complexity index is 1530. The summed E-state index contributed by atoms with van der Waals surface area (Å²) in [6.07, 6.45) is 6.97. The summed E-state index contributed by atoms with van der Waals surface area (Å²) >= 11 is 0. The minimum absolute atomic E-state index is 0.114. The summed E-state index contributed by atoms with van der Waals surface area (Å²) in [4.78, 5) is 39.1. The zero-order valence-electron chi connectivity index (χ0n) is 27.1. The van der Waals surface area contributed by atoms with Crippen LogP contribution in [0.25, 0.3) is 11.0 Å². The minimum atomic E-state index is -0.517. The molecule has 44 heavy (non-hydrogen) atoms. The molecule has 4 rings (SSSR count). The fraction of sp³-hybridized carbons (Fsp3) is 0.514. The molecule has 2 unspecified atom stereocenters. The standard InChI is InChI=1S/C35H46N6O3/c1-23(2)9-8-10-29(42)19-31-25(4)17-28(18-26(31)5)21-44-35(43)41-16-13-30-33(37-22-38-34(30)41)39(7)32-20-40(15-12-24(32)3)27(6)11-14-36/h13,16-18,22-24,32H,6,8-12,15,19-21H2,1-5,7H3. The summed E-state index contributed by atoms with van der Waals surface area (Å²) in [5, 5.41) is 9.89. The highest BCUT2D eigenvalue weighted by Gasteiger charge is 2.31. The van der Waals surface area contributed by atoms with Crippen LogP contribution in [0.5, 0.6) is 0 Å². The monoisotopic (exact) mass is 598 g/mol. The van der Waals surface area contributed by atoms with Crippen molar-refractivity contribution in [3.63, 3.8) is 0 Å². The van der Waals surface area contributed by atoms with Crippen LogP contribution in [-0.2, 0) is 22.6 Å². The van der Waals surface area contributed by atoms with E-state index in [1.807, 2.05) is 39.1 Å². The topological polar surface area (TPSA) is 104 Å². The first-order chi connectivity index (χ1) is 21.0. The van der Waals surface area contributed by atoms with E-state index in [0.29, 0.717) is 36.7 Å². The largest absolute Gasteiger partial charge is 0.444 e. The lowest BCUT2D eigenvalue weighted by Gasteiger charge is -2.43. The molecule has 3 aromatic rings. The van der Waals surface area contributed by atoms with Crippen LogP contribution in [0.2, 0.25) is 0 Å². The van der Waals surface area contributed by atoms with Gasteiger partial charge in [-0.1, -0.05) is 45.9 Å². The number of carbonyl (C=O) groups excluding carboxylic acids is 2. The lowest BCUT2D eigenvalue weighted by molar-refractivity contribution is -0.118. The fourth-order valence-corrected chi connectivity index (χ4v) is 6.22. The van der Waals surface area contributed by atoms with Crippen LogP contribution in [-0.4, -0.2) is 57.5 Å². The Morgan fingerprint density at radius 3 is 2.64 bits per heavy atom. The van der Waals surface area contributed by atoms with Crippen LogP contribution < -0.4 is 4.90 Å². The van der Waals surface area contributed by atoms with Gasteiger partial charge >= 0.3 is 6.09 Å². The van der Waals surface area contributed by atoms with Gasteiger partial charge in [-0.2, -0.15) is 5.26 Å². The molecule has 1 aliphatic heterocycles. The minimum Gasteiger partial charge on any atom is -0.444 e. The number of aryl methyl sites for hydroxylation is 2. The number of Topliss-reactive ketones (excluding diaryl/α,β-unsaturated/α-hetero) is 1. The molecule has 0 bridgehead atoms. The average Bonchev–Trinajstić information content (AvgIpc) is 3.42. The van der Waals surface area contributed by atoms with Crippen molar-refractivity contribution < 1.29 is 14.3 Å². The fourth-order valence-electron chi connectivity index (χ4n) is 6.22. The van der Waals surface area contributed by atoms with Gasteiger partial charge in [0, 0.05) is 44.9 Å². The van der Waals surface area contributed by atoms with E-state index in [4.69, 9.17) is 10.00 Å². The van der Waals surface area contributed by atoms with Gasteiger partial charge in [-0.25, -0.2) is 19.3 Å². The van der Waals surface area contributed by atoms with E-state index in [1.165, 1.54) is 10.9 Å². The highest BCUT2D eigenvalue weighted by atomic mass is 16.5. The van der Waals surface area contributed by atoms with E-state index in [-0.39, 0.29) is 18.4 Å². The zero-order valence-corrected chi connectivity index (χ0v) is 27.1. The third kappa shape index (κ3) is 7.65. The van der Waals surface area contributed by atoms with E-state index in [0.717, 1.165) is 71.5 Å². The van der Waals surface area contributed by atoms with Crippen LogP contribution in [0.4, 0.5) is 10.6 Å². The molecule has 9 nitrogen and oxygen atoms in total. The quantitative estimate of drug-likeness (QED) is 0.226. The number of aromatic nitrogens is 3. The third-order valence-corrected chi connectivity index (χ3v) is 8.87. The van der Waals surface area contributed by atoms with Crippen LogP contribution in [0.1, 0.15) is 75.1 Å². The highest BCUT2D eigenvalue weighted by Crippen LogP contribution is 2.31. The van der Waals surface area contributed by atoms with Gasteiger partial charge in [0.2, 0.25) is 0 Å². The summed E-state index contributed by atoms with van der Waals surface area (Å²) in [6.45, 7) is 16.4. The third-order valence-electron chi connectivity index (χ3n) is 8.87. The molecule has 9 heteroatoms. The summed E-state index contributed by atoms with van der Waals surface area (Å²) in [7, 11) is 2.02. The summed E-state index contributed by atoms with van der Waals surface area (Å²) < 4.78 is 7.14. The van der Waals surface area contributed by atoms with Crippen molar-refractivity contribution in [2.24, 2.45) is 11.8 Å². The predicted molar refractivity (Wildman–Crippen MR) is 173 cm³/mol. The number of anilines is 1. The van der Waals surface area contributed by atoms with Gasteiger partial charge in [-0.05, 0) is 66.8 Å². The molecule has 234 valence electrons. The number of fused-ring (bicyclic) bond motifs is 1. The first kappa shape index (κ1) is 32.7. The first-order valence-corrected chi connectivity index (χ1v) is 15.6. The van der Waals surface area contributed by atoms with Crippen molar-refractivity contribution in [2.75, 3.05) is 25.0 Å². The molecule has 1 aromatic carbocycles. The Kier molecular flexibility index (Phi) is 10.8. The van der Waals surface area contributed by atoms with Gasteiger partial charge in [0.15, 0.2) is 5.65 Å². The number of hydrogen-bond donors (Lipinski definition) is 0. The van der Waals surface area contributed by atoms with Crippen LogP contribution in [0.3, 0.4) is 0 Å². The van der Waals surface area contributed by atoms with Crippen LogP contribution in [0, 0.1) is 37.0 Å². The number of carbonyl (C=O) groups is 2. The van der Waals surface area contributed by atoms with Crippen molar-refractivity contribution in [3.05, 3.63) is 65.3 Å². The second-order valence-electron chi connectivity index (χ2n) is 12.7. The van der Waals surface area contributed by atoms with Gasteiger partial charge < -0.3 is 14.5 Å². The van der Waals surface area contributed by atoms with Crippen molar-refractivity contribution in [3.8, 4) is 6.07 Å². The highest BCUT2D eigenvalue weighted by molar-refractivity contribution is 5.93. The Labute approximate surface area is 261 Å². The maximum atomic E-state index is 13.2. The van der Waals surface area contributed by atoms with E-state index >= 15 is 0 Å². The Morgan fingerprint density at radius 2 is 1.95 bits per heavy atom. The second-order valence-corrected chi connectivity index (χ2v) is 12.7. The van der Waals surface area contributed by atoms with E-state index in [1.54, 1.807) is 6.20 Å². The number of ether oxygens (including phenoxy) is 1. The van der Waals surface area contributed by atoms with E-state index < -0.39 is 6.09 Å². The van der Waals surface area contributed by atoms with Crippen molar-refractivity contribution in [1.29, 1.82) is 5.26 Å². The molecule has 1 fully saturated rings. The molecule has 2 atom stereocenters. The molecule has 0 aliphatic carbocycles. The van der Waals surface area contributed by atoms with Gasteiger partial charge in [0.05, 0.1) is 23.9 Å². The second kappa shape index (κ2) is 14.5. The molecule has 0 N–H and O–H groups in total. The maximum Gasteiger partial charge on any atom is 0.420 e. The molecular formula is C35H46N6O3. The first-order valence-electron chi connectivity index (χ1n) is 15.6. The molecule has 1 aliphatic rings. The molecule has 1 saturated heterocycles. The van der Waals surface area contributed by atoms with Gasteiger partial charge in [-0.3, -0.25) is 4.79 Å². The number of piperidine rings is 1. The SMILES string of the molecule is C=C(CC#N)N1CCC(C)C(N(C)c2ncnc3c2ccn3C(=O)OCc2cc(C)c(CC(=O)CCCC(C)C)c(C)c2)C1. The van der Waals surface area contributed by atoms with Gasteiger partial charge in [-0.15, -0.1) is 0 Å². The van der Waals surface area contributed by atoms with Gasteiger partial charge in [0.1, 0.15) is 24.5 Å². The Balaban J connectivity index is 1.44. The average molecular weight is 599 g/mol. The van der Waals surface area contributed by atoms with E-state index in [2.05, 4.69) is 53.2 Å².